The Balaban J connectivity index is 2.04. The van der Waals surface area contributed by atoms with Crippen molar-refractivity contribution in [1.82, 2.24) is 10.2 Å². The Morgan fingerprint density at radius 3 is 2.67 bits per heavy atom. The van der Waals surface area contributed by atoms with E-state index >= 15 is 0 Å². The molecule has 1 amide bonds. The summed E-state index contributed by atoms with van der Waals surface area (Å²) in [6.07, 6.45) is 1.72. The van der Waals surface area contributed by atoms with Gasteiger partial charge in [0.25, 0.3) is 0 Å². The molecule has 0 aliphatic carbocycles. The molecule has 1 rings (SSSR count). The van der Waals surface area contributed by atoms with E-state index in [0.717, 1.165) is 45.7 Å². The minimum Gasteiger partial charge on any atom is -0.379 e. The number of rotatable bonds is 7. The smallest absolute Gasteiger partial charge is 0.236 e. The molecular weight excluding hydrogens is 230 g/mol. The normalized spacial score (nSPS) is 18.9. The lowest BCUT2D eigenvalue weighted by molar-refractivity contribution is -0.122. The second kappa shape index (κ2) is 8.45. The largest absolute Gasteiger partial charge is 0.379 e. The van der Waals surface area contributed by atoms with Gasteiger partial charge in [-0.25, -0.2) is 0 Å². The number of carbonyl (C=O) groups excluding carboxylic acids is 1. The van der Waals surface area contributed by atoms with Crippen LogP contribution >= 0.6 is 0 Å². The molecule has 5 heteroatoms. The van der Waals surface area contributed by atoms with Crippen LogP contribution in [0.25, 0.3) is 0 Å². The van der Waals surface area contributed by atoms with Crippen LogP contribution in [-0.2, 0) is 9.53 Å². The zero-order valence-electron chi connectivity index (χ0n) is 11.7. The predicted octanol–water partition coefficient (Wildman–Crippen LogP) is 0.198. The average molecular weight is 257 g/mol. The third-order valence-electron chi connectivity index (χ3n) is 3.12. The van der Waals surface area contributed by atoms with E-state index in [-0.39, 0.29) is 11.9 Å². The molecule has 0 spiro atoms. The van der Waals surface area contributed by atoms with Gasteiger partial charge in [0.15, 0.2) is 0 Å². The fourth-order valence-corrected chi connectivity index (χ4v) is 2.09. The van der Waals surface area contributed by atoms with Crippen molar-refractivity contribution < 1.29 is 9.53 Å². The zero-order chi connectivity index (χ0) is 13.4. The number of nitrogens with zero attached hydrogens (tertiary/aromatic N) is 1. The van der Waals surface area contributed by atoms with Gasteiger partial charge in [-0.05, 0) is 25.3 Å². The Kier molecular flexibility index (Phi) is 7.23. The summed E-state index contributed by atoms with van der Waals surface area (Å²) in [6.45, 7) is 9.53. The first kappa shape index (κ1) is 15.4. The molecule has 1 aliphatic heterocycles. The lowest BCUT2D eigenvalue weighted by atomic mass is 10.0. The van der Waals surface area contributed by atoms with E-state index < -0.39 is 0 Å². The first-order valence-electron chi connectivity index (χ1n) is 6.93. The molecule has 1 fully saturated rings. The van der Waals surface area contributed by atoms with Gasteiger partial charge in [0, 0.05) is 19.6 Å². The van der Waals surface area contributed by atoms with Crippen molar-refractivity contribution in [2.75, 3.05) is 39.4 Å². The zero-order valence-corrected chi connectivity index (χ0v) is 11.7. The number of hydrogen-bond donors (Lipinski definition) is 2. The van der Waals surface area contributed by atoms with Crippen LogP contribution in [0.4, 0.5) is 0 Å². The quantitative estimate of drug-likeness (QED) is 0.639. The highest BCUT2D eigenvalue weighted by molar-refractivity contribution is 5.81. The Hall–Kier alpha value is -0.650. The van der Waals surface area contributed by atoms with Crippen molar-refractivity contribution in [2.45, 2.75) is 32.7 Å². The fraction of sp³-hybridized carbons (Fsp3) is 0.923. The molecule has 3 N–H and O–H groups in total. The predicted molar refractivity (Wildman–Crippen MR) is 72.3 cm³/mol. The van der Waals surface area contributed by atoms with Crippen LogP contribution in [0, 0.1) is 5.92 Å². The van der Waals surface area contributed by atoms with Gasteiger partial charge in [-0.15, -0.1) is 0 Å². The Labute approximate surface area is 110 Å². The number of ether oxygens (including phenoxy) is 1. The van der Waals surface area contributed by atoms with Gasteiger partial charge in [-0.3, -0.25) is 9.69 Å². The standard InChI is InChI=1S/C13H27N3O2/c1-11(2)10-12(14)13(17)15-4-3-5-16-6-8-18-9-7-16/h11-12H,3-10,14H2,1-2H3,(H,15,17). The Bertz CT molecular complexity index is 240. The number of amides is 1. The van der Waals surface area contributed by atoms with Gasteiger partial charge in [0.1, 0.15) is 0 Å². The van der Waals surface area contributed by atoms with E-state index in [0.29, 0.717) is 12.5 Å². The van der Waals surface area contributed by atoms with Crippen LogP contribution in [0.15, 0.2) is 0 Å². The van der Waals surface area contributed by atoms with Gasteiger partial charge < -0.3 is 15.8 Å². The maximum atomic E-state index is 11.7. The van der Waals surface area contributed by atoms with Gasteiger partial charge in [-0.2, -0.15) is 0 Å². The van der Waals surface area contributed by atoms with Gasteiger partial charge >= 0.3 is 0 Å². The monoisotopic (exact) mass is 257 g/mol. The summed E-state index contributed by atoms with van der Waals surface area (Å²) in [5, 5.41) is 2.91. The van der Waals surface area contributed by atoms with Crippen LogP contribution in [-0.4, -0.2) is 56.2 Å². The summed E-state index contributed by atoms with van der Waals surface area (Å²) in [6, 6.07) is -0.367. The van der Waals surface area contributed by atoms with E-state index in [1.807, 2.05) is 0 Å². The maximum absolute atomic E-state index is 11.7. The van der Waals surface area contributed by atoms with E-state index in [2.05, 4.69) is 24.1 Å². The third kappa shape index (κ3) is 6.33. The van der Waals surface area contributed by atoms with Gasteiger partial charge in [0.2, 0.25) is 5.91 Å². The molecule has 1 heterocycles. The number of nitrogens with two attached hydrogens (primary N) is 1. The average Bonchev–Trinajstić information content (AvgIpc) is 2.34. The third-order valence-corrected chi connectivity index (χ3v) is 3.12. The summed E-state index contributed by atoms with van der Waals surface area (Å²) in [4.78, 5) is 14.0. The van der Waals surface area contributed by atoms with Crippen molar-refractivity contribution in [1.29, 1.82) is 0 Å². The van der Waals surface area contributed by atoms with Crippen LogP contribution in [0.2, 0.25) is 0 Å². The molecule has 0 aromatic rings. The van der Waals surface area contributed by atoms with E-state index in [4.69, 9.17) is 10.5 Å². The summed E-state index contributed by atoms with van der Waals surface area (Å²) >= 11 is 0. The van der Waals surface area contributed by atoms with E-state index in [1.165, 1.54) is 0 Å². The molecule has 1 aliphatic rings. The van der Waals surface area contributed by atoms with Crippen LogP contribution in [0.3, 0.4) is 0 Å². The van der Waals surface area contributed by atoms with Crippen molar-refractivity contribution in [2.24, 2.45) is 11.7 Å². The highest BCUT2D eigenvalue weighted by atomic mass is 16.5. The molecule has 18 heavy (non-hydrogen) atoms. The molecule has 106 valence electrons. The summed E-state index contributed by atoms with van der Waals surface area (Å²) in [7, 11) is 0. The van der Waals surface area contributed by atoms with E-state index in [1.54, 1.807) is 0 Å². The van der Waals surface area contributed by atoms with Crippen molar-refractivity contribution in [3.8, 4) is 0 Å². The maximum Gasteiger partial charge on any atom is 0.236 e. The lowest BCUT2D eigenvalue weighted by Gasteiger charge is -2.26. The molecule has 0 aromatic heterocycles. The van der Waals surface area contributed by atoms with Gasteiger partial charge in [-0.1, -0.05) is 13.8 Å². The molecule has 0 radical (unpaired) electrons. The number of morpholine rings is 1. The summed E-state index contributed by atoms with van der Waals surface area (Å²) < 4.78 is 5.28. The molecule has 1 atom stereocenters. The Morgan fingerprint density at radius 2 is 2.06 bits per heavy atom. The molecule has 5 nitrogen and oxygen atoms in total. The second-order valence-corrected chi connectivity index (χ2v) is 5.33. The molecule has 0 bridgehead atoms. The van der Waals surface area contributed by atoms with Crippen molar-refractivity contribution in [3.63, 3.8) is 0 Å². The highest BCUT2D eigenvalue weighted by Gasteiger charge is 2.14. The van der Waals surface area contributed by atoms with Crippen molar-refractivity contribution >= 4 is 5.91 Å². The molecular formula is C13H27N3O2. The highest BCUT2D eigenvalue weighted by Crippen LogP contribution is 2.02. The summed E-state index contributed by atoms with van der Waals surface area (Å²) in [5.41, 5.74) is 5.80. The summed E-state index contributed by atoms with van der Waals surface area (Å²) in [5.74, 6) is 0.435. The minimum atomic E-state index is -0.367. The lowest BCUT2D eigenvalue weighted by Crippen LogP contribution is -2.43. The van der Waals surface area contributed by atoms with Crippen LogP contribution in [0.5, 0.6) is 0 Å². The first-order valence-corrected chi connectivity index (χ1v) is 6.93. The van der Waals surface area contributed by atoms with Crippen molar-refractivity contribution in [3.05, 3.63) is 0 Å². The van der Waals surface area contributed by atoms with Crippen LogP contribution in [0.1, 0.15) is 26.7 Å². The number of carbonyl (C=O) groups is 1. The Morgan fingerprint density at radius 1 is 1.39 bits per heavy atom. The van der Waals surface area contributed by atoms with Crippen LogP contribution < -0.4 is 11.1 Å². The molecule has 1 unspecified atom stereocenters. The topological polar surface area (TPSA) is 67.6 Å². The number of hydrogen-bond acceptors (Lipinski definition) is 4. The molecule has 0 saturated carbocycles. The van der Waals surface area contributed by atoms with E-state index in [9.17, 15) is 4.79 Å². The molecule has 1 saturated heterocycles. The minimum absolute atomic E-state index is 0.0225. The SMILES string of the molecule is CC(C)CC(N)C(=O)NCCCN1CCOCC1. The van der Waals surface area contributed by atoms with Gasteiger partial charge in [0.05, 0.1) is 19.3 Å². The number of nitrogens with one attached hydrogen (secondary N) is 1. The fourth-order valence-electron chi connectivity index (χ4n) is 2.09. The second-order valence-electron chi connectivity index (χ2n) is 5.33. The molecule has 0 aromatic carbocycles. The first-order chi connectivity index (χ1) is 8.59.